The van der Waals surface area contributed by atoms with Gasteiger partial charge in [-0.1, -0.05) is 16.5 Å². The number of carbonyl (C=O) groups excluding carboxylic acids is 1. The first-order valence-corrected chi connectivity index (χ1v) is 13.9. The summed E-state index contributed by atoms with van der Waals surface area (Å²) in [6.45, 7) is 3.11. The van der Waals surface area contributed by atoms with Gasteiger partial charge in [-0.15, -0.1) is 10.2 Å². The van der Waals surface area contributed by atoms with Crippen LogP contribution in [0.15, 0.2) is 60.9 Å². The molecule has 0 saturated carbocycles. The predicted molar refractivity (Wildman–Crippen MR) is 155 cm³/mol. The Kier molecular flexibility index (Phi) is 7.98. The Hall–Kier alpha value is -5.97. The van der Waals surface area contributed by atoms with Crippen molar-refractivity contribution in [3.63, 3.8) is 0 Å². The van der Waals surface area contributed by atoms with E-state index in [-0.39, 0.29) is 45.5 Å². The average Bonchev–Trinajstić information content (AvgIpc) is 3.75. The van der Waals surface area contributed by atoms with Crippen molar-refractivity contribution in [2.75, 3.05) is 26.3 Å². The highest BCUT2D eigenvalue weighted by atomic mass is 19.4. The molecule has 1 aliphatic rings. The number of nitrogens with zero attached hydrogens (tertiary/aromatic N) is 8. The highest BCUT2D eigenvalue weighted by molar-refractivity contribution is 5.96. The number of ether oxygens (including phenoxy) is 1. The molecule has 0 radical (unpaired) electrons. The zero-order valence-electron chi connectivity index (χ0n) is 24.3. The van der Waals surface area contributed by atoms with Gasteiger partial charge < -0.3 is 19.8 Å². The lowest BCUT2D eigenvalue weighted by Crippen LogP contribution is -2.40. The minimum Gasteiger partial charge on any atom is -0.478 e. The number of halogens is 3. The smallest absolute Gasteiger partial charge is 0.417 e. The predicted octanol–water partition coefficient (Wildman–Crippen LogP) is 3.77. The number of carboxylic acids is 2. The van der Waals surface area contributed by atoms with E-state index in [0.717, 1.165) is 16.8 Å². The van der Waals surface area contributed by atoms with Crippen molar-refractivity contribution in [2.24, 2.45) is 0 Å². The van der Waals surface area contributed by atoms with E-state index in [2.05, 4.69) is 25.6 Å². The van der Waals surface area contributed by atoms with Gasteiger partial charge in [0.25, 0.3) is 5.91 Å². The van der Waals surface area contributed by atoms with E-state index in [0.29, 0.717) is 43.6 Å². The highest BCUT2D eigenvalue weighted by Crippen LogP contribution is 2.33. The molecular formula is C30H23F3N8O6. The van der Waals surface area contributed by atoms with Gasteiger partial charge in [0.2, 0.25) is 0 Å². The number of aromatic nitrogens is 7. The van der Waals surface area contributed by atoms with Crippen molar-refractivity contribution < 1.29 is 42.5 Å². The van der Waals surface area contributed by atoms with Gasteiger partial charge in [-0.2, -0.15) is 13.2 Å². The van der Waals surface area contributed by atoms with E-state index in [9.17, 15) is 37.8 Å². The molecule has 2 aromatic carbocycles. The summed E-state index contributed by atoms with van der Waals surface area (Å²) >= 11 is 0. The summed E-state index contributed by atoms with van der Waals surface area (Å²) in [6, 6.07) is 10.3. The van der Waals surface area contributed by atoms with Gasteiger partial charge in [-0.05, 0) is 55.0 Å². The number of carboxylic acid groups (broad SMARTS) is 2. The van der Waals surface area contributed by atoms with Gasteiger partial charge in [0.1, 0.15) is 11.4 Å². The Balaban J connectivity index is 1.40. The van der Waals surface area contributed by atoms with Crippen molar-refractivity contribution in [2.45, 2.75) is 13.1 Å². The monoisotopic (exact) mass is 648 g/mol. The van der Waals surface area contributed by atoms with Crippen LogP contribution in [0.4, 0.5) is 13.2 Å². The molecule has 3 aromatic heterocycles. The number of carbonyl (C=O) groups is 3. The Labute approximate surface area is 262 Å². The molecule has 17 heteroatoms. The van der Waals surface area contributed by atoms with E-state index in [4.69, 9.17) is 4.74 Å². The third-order valence-electron chi connectivity index (χ3n) is 7.40. The fourth-order valence-corrected chi connectivity index (χ4v) is 4.96. The number of aromatic carboxylic acids is 2. The van der Waals surface area contributed by atoms with Gasteiger partial charge >= 0.3 is 18.1 Å². The van der Waals surface area contributed by atoms with Crippen LogP contribution in [-0.4, -0.2) is 94.2 Å². The van der Waals surface area contributed by atoms with Gasteiger partial charge in [-0.25, -0.2) is 23.9 Å². The Morgan fingerprint density at radius 1 is 0.766 bits per heavy atom. The summed E-state index contributed by atoms with van der Waals surface area (Å²) in [5, 5.41) is 35.3. The summed E-state index contributed by atoms with van der Waals surface area (Å²) in [5.41, 5.74) is -0.243. The standard InChI is InChI=1S/C30H23F3N8O6/c1-16-2-3-18(12-20(16)28(43)44)40-14-25(35-37-40)23-10-17(27(42)39-6-8-47-9-7-39)11-24(34-23)26-15-41(38-36-26)19-4-5-22(30(31,32)33)21(13-19)29(45)46/h2-5,10-15H,6-9H2,1H3,(H,43,44)(H,45,46). The Morgan fingerprint density at radius 2 is 1.30 bits per heavy atom. The topological polar surface area (TPSA) is 178 Å². The summed E-state index contributed by atoms with van der Waals surface area (Å²) in [7, 11) is 0. The molecule has 2 N–H and O–H groups in total. The van der Waals surface area contributed by atoms with Gasteiger partial charge in [0.05, 0.1) is 65.1 Å². The van der Waals surface area contributed by atoms with E-state index in [1.807, 2.05) is 0 Å². The molecule has 6 rings (SSSR count). The van der Waals surface area contributed by atoms with E-state index in [1.165, 1.54) is 35.3 Å². The maximum absolute atomic E-state index is 13.5. The molecule has 0 aliphatic carbocycles. The number of hydrogen-bond donors (Lipinski definition) is 2. The summed E-state index contributed by atoms with van der Waals surface area (Å²) in [4.78, 5) is 43.0. The fourth-order valence-electron chi connectivity index (χ4n) is 4.96. The van der Waals surface area contributed by atoms with Crippen molar-refractivity contribution >= 4 is 17.8 Å². The van der Waals surface area contributed by atoms with Crippen LogP contribution in [0.25, 0.3) is 34.2 Å². The minimum atomic E-state index is -4.88. The molecule has 1 saturated heterocycles. The lowest BCUT2D eigenvalue weighted by atomic mass is 10.1. The van der Waals surface area contributed by atoms with Crippen molar-refractivity contribution in [3.05, 3.63) is 88.7 Å². The van der Waals surface area contributed by atoms with E-state index >= 15 is 0 Å². The zero-order valence-corrected chi connectivity index (χ0v) is 24.3. The van der Waals surface area contributed by atoms with Crippen LogP contribution in [0, 0.1) is 6.92 Å². The highest BCUT2D eigenvalue weighted by Gasteiger charge is 2.35. The van der Waals surface area contributed by atoms with Gasteiger partial charge in [0, 0.05) is 18.7 Å². The fraction of sp³-hybridized carbons (Fsp3) is 0.200. The molecule has 240 valence electrons. The first kappa shape index (κ1) is 31.0. The van der Waals surface area contributed by atoms with E-state index < -0.39 is 29.2 Å². The van der Waals surface area contributed by atoms with Crippen LogP contribution >= 0.6 is 0 Å². The molecule has 0 atom stereocenters. The van der Waals surface area contributed by atoms with Crippen LogP contribution in [0.1, 0.15) is 42.2 Å². The molecular weight excluding hydrogens is 625 g/mol. The number of alkyl halides is 3. The molecule has 1 fully saturated rings. The average molecular weight is 649 g/mol. The van der Waals surface area contributed by atoms with Crippen LogP contribution in [-0.2, 0) is 10.9 Å². The summed E-state index contributed by atoms with van der Waals surface area (Å²) in [5.74, 6) is -3.19. The van der Waals surface area contributed by atoms with Crippen LogP contribution < -0.4 is 0 Å². The molecule has 4 heterocycles. The second-order valence-electron chi connectivity index (χ2n) is 10.5. The molecule has 47 heavy (non-hydrogen) atoms. The maximum Gasteiger partial charge on any atom is 0.417 e. The van der Waals surface area contributed by atoms with Gasteiger partial charge in [-0.3, -0.25) is 4.79 Å². The van der Waals surface area contributed by atoms with Gasteiger partial charge in [0.15, 0.2) is 0 Å². The van der Waals surface area contributed by atoms with E-state index in [1.54, 1.807) is 24.0 Å². The largest absolute Gasteiger partial charge is 0.478 e. The molecule has 0 unspecified atom stereocenters. The summed E-state index contributed by atoms with van der Waals surface area (Å²) in [6.07, 6.45) is -2.04. The molecule has 0 bridgehead atoms. The molecule has 5 aromatic rings. The molecule has 14 nitrogen and oxygen atoms in total. The summed E-state index contributed by atoms with van der Waals surface area (Å²) < 4.78 is 47.9. The third-order valence-corrected chi connectivity index (χ3v) is 7.40. The molecule has 1 aliphatic heterocycles. The van der Waals surface area contributed by atoms with Crippen LogP contribution in [0.2, 0.25) is 0 Å². The van der Waals surface area contributed by atoms with Crippen molar-refractivity contribution in [3.8, 4) is 34.2 Å². The second kappa shape index (κ2) is 12.1. The third kappa shape index (κ3) is 6.28. The number of rotatable bonds is 7. The first-order valence-electron chi connectivity index (χ1n) is 13.9. The second-order valence-corrected chi connectivity index (χ2v) is 10.5. The Bertz CT molecular complexity index is 2030. The number of aryl methyl sites for hydroxylation is 1. The Morgan fingerprint density at radius 3 is 1.83 bits per heavy atom. The number of benzene rings is 2. The first-order chi connectivity index (χ1) is 22.4. The lowest BCUT2D eigenvalue weighted by Gasteiger charge is -2.27. The normalized spacial score (nSPS) is 13.5. The zero-order chi connectivity index (χ0) is 33.5. The van der Waals surface area contributed by atoms with Crippen molar-refractivity contribution in [1.29, 1.82) is 0 Å². The molecule has 0 spiro atoms. The number of morpholine rings is 1. The van der Waals surface area contributed by atoms with Crippen molar-refractivity contribution in [1.82, 2.24) is 39.9 Å². The molecule has 1 amide bonds. The SMILES string of the molecule is Cc1ccc(-n2cc(-c3cc(C(=O)N4CCOCC4)cc(-c4cn(-c5ccc(C(F)(F)F)c(C(=O)O)c5)nn4)n3)nn2)cc1C(=O)O. The maximum atomic E-state index is 13.5. The quantitative estimate of drug-likeness (QED) is 0.262. The number of pyridine rings is 1. The minimum absolute atomic E-state index is 0.00306. The number of hydrogen-bond acceptors (Lipinski definition) is 9. The van der Waals surface area contributed by atoms with Crippen LogP contribution in [0.5, 0.6) is 0 Å². The van der Waals surface area contributed by atoms with Crippen LogP contribution in [0.3, 0.4) is 0 Å². The number of amides is 1. The lowest BCUT2D eigenvalue weighted by molar-refractivity contribution is -0.138.